The van der Waals surface area contributed by atoms with Crippen molar-refractivity contribution in [2.75, 3.05) is 26.0 Å². The maximum absolute atomic E-state index is 12.7. The van der Waals surface area contributed by atoms with Crippen LogP contribution in [0.25, 0.3) is 0 Å². The molecule has 0 radical (unpaired) electrons. The van der Waals surface area contributed by atoms with Gasteiger partial charge >= 0.3 is 6.09 Å². The van der Waals surface area contributed by atoms with Gasteiger partial charge in [0.15, 0.2) is 0 Å². The highest BCUT2D eigenvalue weighted by Crippen LogP contribution is 2.13. The zero-order chi connectivity index (χ0) is 20.4. The Morgan fingerprint density at radius 1 is 1.15 bits per heavy atom. The van der Waals surface area contributed by atoms with Crippen LogP contribution in [-0.4, -0.2) is 54.3 Å². The number of ether oxygens (including phenoxy) is 1. The van der Waals surface area contributed by atoms with Crippen molar-refractivity contribution < 1.29 is 19.4 Å². The fourth-order valence-electron chi connectivity index (χ4n) is 2.42. The molecule has 1 atom stereocenters. The van der Waals surface area contributed by atoms with Crippen molar-refractivity contribution in [3.8, 4) is 0 Å². The maximum Gasteiger partial charge on any atom is 0.408 e. The van der Waals surface area contributed by atoms with Gasteiger partial charge in [-0.3, -0.25) is 4.79 Å². The Morgan fingerprint density at radius 3 is 2.30 bits per heavy atom. The first-order valence-corrected chi connectivity index (χ1v) is 9.25. The van der Waals surface area contributed by atoms with Crippen molar-refractivity contribution in [2.45, 2.75) is 58.3 Å². The molecule has 0 aliphatic heterocycles. The number of alkyl carbamates (subject to hydrolysis) is 1. The predicted molar refractivity (Wildman–Crippen MR) is 107 cm³/mol. The highest BCUT2D eigenvalue weighted by atomic mass is 16.6. The lowest BCUT2D eigenvalue weighted by Crippen LogP contribution is -2.45. The van der Waals surface area contributed by atoms with Crippen LogP contribution in [0.4, 0.5) is 10.5 Å². The number of anilines is 1. The van der Waals surface area contributed by atoms with Crippen LogP contribution in [-0.2, 0) is 16.1 Å². The van der Waals surface area contributed by atoms with Crippen LogP contribution in [0.3, 0.4) is 0 Å². The number of carbonyl (C=O) groups excluding carboxylic acids is 2. The standard InChI is InChI=1S/C20H33N3O4/c1-20(2,3)27-19(26)22-17(8-6-7-13-23(4)5)18(25)21-16-11-9-15(14-24)10-12-16/h9-12,17,24H,6-8,13-14H2,1-5H3,(H,21,25)(H,22,26)/t17-/m0/s1. The van der Waals surface area contributed by atoms with Crippen LogP contribution >= 0.6 is 0 Å². The van der Waals surface area contributed by atoms with Gasteiger partial charge in [0.05, 0.1) is 6.61 Å². The highest BCUT2D eigenvalue weighted by molar-refractivity contribution is 5.96. The summed E-state index contributed by atoms with van der Waals surface area (Å²) < 4.78 is 5.28. The third-order valence-electron chi connectivity index (χ3n) is 3.76. The van der Waals surface area contributed by atoms with E-state index in [9.17, 15) is 9.59 Å². The number of benzene rings is 1. The van der Waals surface area contributed by atoms with E-state index in [-0.39, 0.29) is 12.5 Å². The number of nitrogens with zero attached hydrogens (tertiary/aromatic N) is 1. The fourth-order valence-corrected chi connectivity index (χ4v) is 2.42. The third kappa shape index (κ3) is 9.96. The number of hydrogen-bond acceptors (Lipinski definition) is 5. The van der Waals surface area contributed by atoms with E-state index in [2.05, 4.69) is 15.5 Å². The van der Waals surface area contributed by atoms with E-state index < -0.39 is 17.7 Å². The summed E-state index contributed by atoms with van der Waals surface area (Å²) in [6.07, 6.45) is 1.65. The van der Waals surface area contributed by atoms with E-state index in [1.165, 1.54) is 0 Å². The smallest absolute Gasteiger partial charge is 0.408 e. The van der Waals surface area contributed by atoms with Crippen molar-refractivity contribution in [3.05, 3.63) is 29.8 Å². The van der Waals surface area contributed by atoms with Crippen molar-refractivity contribution in [3.63, 3.8) is 0 Å². The van der Waals surface area contributed by atoms with Gasteiger partial charge in [-0.2, -0.15) is 0 Å². The van der Waals surface area contributed by atoms with Gasteiger partial charge < -0.3 is 25.4 Å². The average molecular weight is 380 g/mol. The zero-order valence-corrected chi connectivity index (χ0v) is 17.0. The first-order valence-electron chi connectivity index (χ1n) is 9.25. The van der Waals surface area contributed by atoms with Crippen LogP contribution in [0.15, 0.2) is 24.3 Å². The van der Waals surface area contributed by atoms with E-state index in [1.54, 1.807) is 45.0 Å². The van der Waals surface area contributed by atoms with Crippen molar-refractivity contribution in [2.24, 2.45) is 0 Å². The molecule has 0 spiro atoms. The van der Waals surface area contributed by atoms with Gasteiger partial charge in [-0.1, -0.05) is 12.1 Å². The minimum atomic E-state index is -0.681. The van der Waals surface area contributed by atoms with Gasteiger partial charge in [-0.15, -0.1) is 0 Å². The normalized spacial score (nSPS) is 12.6. The molecule has 0 heterocycles. The summed E-state index contributed by atoms with van der Waals surface area (Å²) in [6, 6.07) is 6.24. The zero-order valence-electron chi connectivity index (χ0n) is 17.0. The number of rotatable bonds is 9. The first-order chi connectivity index (χ1) is 12.6. The molecule has 1 rings (SSSR count). The third-order valence-corrected chi connectivity index (χ3v) is 3.76. The average Bonchev–Trinajstić information content (AvgIpc) is 2.56. The second kappa shape index (κ2) is 10.9. The summed E-state index contributed by atoms with van der Waals surface area (Å²) in [5.74, 6) is -0.289. The molecule has 0 saturated carbocycles. The molecular weight excluding hydrogens is 346 g/mol. The molecule has 27 heavy (non-hydrogen) atoms. The lowest BCUT2D eigenvalue weighted by Gasteiger charge is -2.23. The number of nitrogens with one attached hydrogen (secondary N) is 2. The summed E-state index contributed by atoms with van der Waals surface area (Å²) in [6.45, 7) is 6.21. The van der Waals surface area contributed by atoms with Crippen LogP contribution in [0.5, 0.6) is 0 Å². The molecule has 1 aromatic rings. The molecule has 7 heteroatoms. The van der Waals surface area contributed by atoms with Crippen LogP contribution in [0, 0.1) is 0 Å². The largest absolute Gasteiger partial charge is 0.444 e. The van der Waals surface area contributed by atoms with Crippen molar-refractivity contribution in [1.29, 1.82) is 0 Å². The quantitative estimate of drug-likeness (QED) is 0.574. The van der Waals surface area contributed by atoms with Gasteiger partial charge in [0.1, 0.15) is 11.6 Å². The molecule has 7 nitrogen and oxygen atoms in total. The summed E-state index contributed by atoms with van der Waals surface area (Å²) >= 11 is 0. The molecule has 0 aliphatic rings. The second-order valence-corrected chi connectivity index (χ2v) is 7.84. The number of amides is 2. The monoisotopic (exact) mass is 379 g/mol. The van der Waals surface area contributed by atoms with Gasteiger partial charge in [0.2, 0.25) is 5.91 Å². The number of aliphatic hydroxyl groups excluding tert-OH is 1. The van der Waals surface area contributed by atoms with Gasteiger partial charge in [0.25, 0.3) is 0 Å². The fraction of sp³-hybridized carbons (Fsp3) is 0.600. The van der Waals surface area contributed by atoms with E-state index in [1.807, 2.05) is 14.1 Å². The molecule has 0 aromatic heterocycles. The molecule has 3 N–H and O–H groups in total. The SMILES string of the molecule is CN(C)CCCC[C@H](NC(=O)OC(C)(C)C)C(=O)Nc1ccc(CO)cc1. The van der Waals surface area contributed by atoms with Gasteiger partial charge in [-0.05, 0) is 78.4 Å². The number of hydrogen-bond donors (Lipinski definition) is 3. The Balaban J connectivity index is 2.71. The Kier molecular flexibility index (Phi) is 9.25. The first kappa shape index (κ1) is 22.9. The minimum Gasteiger partial charge on any atom is -0.444 e. The van der Waals surface area contributed by atoms with Crippen LogP contribution in [0.1, 0.15) is 45.6 Å². The van der Waals surface area contributed by atoms with E-state index in [0.717, 1.165) is 24.9 Å². The van der Waals surface area contributed by atoms with E-state index in [0.29, 0.717) is 12.1 Å². The Bertz CT molecular complexity index is 594. The van der Waals surface area contributed by atoms with Crippen LogP contribution < -0.4 is 10.6 Å². The van der Waals surface area contributed by atoms with Gasteiger partial charge in [-0.25, -0.2) is 4.79 Å². The molecule has 0 unspecified atom stereocenters. The second-order valence-electron chi connectivity index (χ2n) is 7.84. The lowest BCUT2D eigenvalue weighted by atomic mass is 10.1. The van der Waals surface area contributed by atoms with Crippen molar-refractivity contribution in [1.82, 2.24) is 10.2 Å². The summed E-state index contributed by atoms with van der Waals surface area (Å²) in [4.78, 5) is 26.8. The summed E-state index contributed by atoms with van der Waals surface area (Å²) in [5, 5.41) is 14.6. The maximum atomic E-state index is 12.7. The summed E-state index contributed by atoms with van der Waals surface area (Å²) in [5.41, 5.74) is 0.748. The Hall–Kier alpha value is -2.12. The molecule has 0 aliphatic carbocycles. The summed E-state index contributed by atoms with van der Waals surface area (Å²) in [7, 11) is 4.00. The minimum absolute atomic E-state index is 0.0527. The topological polar surface area (TPSA) is 90.9 Å². The van der Waals surface area contributed by atoms with Crippen LogP contribution in [0.2, 0.25) is 0 Å². The number of aliphatic hydroxyl groups is 1. The van der Waals surface area contributed by atoms with E-state index >= 15 is 0 Å². The number of carbonyl (C=O) groups is 2. The molecule has 0 saturated heterocycles. The highest BCUT2D eigenvalue weighted by Gasteiger charge is 2.24. The molecule has 0 fully saturated rings. The Morgan fingerprint density at radius 2 is 1.78 bits per heavy atom. The molecule has 0 bridgehead atoms. The Labute approximate surface area is 162 Å². The molecule has 1 aromatic carbocycles. The molecule has 2 amide bonds. The molecular formula is C20H33N3O4. The number of unbranched alkanes of at least 4 members (excludes halogenated alkanes) is 1. The molecule has 152 valence electrons. The van der Waals surface area contributed by atoms with E-state index in [4.69, 9.17) is 9.84 Å². The van der Waals surface area contributed by atoms with Crippen molar-refractivity contribution >= 4 is 17.7 Å². The predicted octanol–water partition coefficient (Wildman–Crippen LogP) is 2.74. The lowest BCUT2D eigenvalue weighted by molar-refractivity contribution is -0.118. The van der Waals surface area contributed by atoms with Gasteiger partial charge in [0, 0.05) is 5.69 Å².